The molecule has 0 bridgehead atoms. The highest BCUT2D eigenvalue weighted by Crippen LogP contribution is 2.03. The molecular formula is C30H55N7O11. The van der Waals surface area contributed by atoms with Gasteiger partial charge < -0.3 is 40.7 Å². The molecule has 0 saturated carbocycles. The minimum absolute atomic E-state index is 0.0153. The van der Waals surface area contributed by atoms with Gasteiger partial charge in [0.25, 0.3) is 0 Å². The molecule has 0 radical (unpaired) electrons. The predicted octanol–water partition coefficient (Wildman–Crippen LogP) is -2.58. The van der Waals surface area contributed by atoms with Gasteiger partial charge in [0.05, 0.1) is 32.8 Å². The zero-order valence-electron chi connectivity index (χ0n) is 28.3. The molecule has 0 aromatic carbocycles. The topological polar surface area (TPSA) is 231 Å². The van der Waals surface area contributed by atoms with Crippen LogP contribution < -0.4 is 16.0 Å². The molecule has 6 N–H and O–H groups in total. The zero-order chi connectivity index (χ0) is 35.7. The number of ether oxygens (including phenoxy) is 2. The number of rotatable bonds is 22. The van der Waals surface area contributed by atoms with Crippen molar-refractivity contribution in [3.05, 3.63) is 0 Å². The van der Waals surface area contributed by atoms with E-state index >= 15 is 0 Å². The number of nitrogens with one attached hydrogen (secondary N) is 3. The van der Waals surface area contributed by atoms with Crippen LogP contribution in [-0.2, 0) is 38.2 Å². The summed E-state index contributed by atoms with van der Waals surface area (Å²) in [5.41, 5.74) is 0. The maximum absolute atomic E-state index is 13.3. The van der Waals surface area contributed by atoms with Crippen LogP contribution in [0.4, 0.5) is 0 Å². The molecule has 48 heavy (non-hydrogen) atoms. The van der Waals surface area contributed by atoms with Crippen LogP contribution in [0.1, 0.15) is 32.6 Å². The molecular weight excluding hydrogens is 634 g/mol. The van der Waals surface area contributed by atoms with E-state index in [4.69, 9.17) is 9.47 Å². The highest BCUT2D eigenvalue weighted by molar-refractivity contribution is 5.89. The maximum Gasteiger partial charge on any atom is 0.317 e. The number of hydrogen-bond acceptors (Lipinski definition) is 12. The molecule has 1 fully saturated rings. The van der Waals surface area contributed by atoms with Crippen molar-refractivity contribution in [3.8, 4) is 0 Å². The third-order valence-electron chi connectivity index (χ3n) is 7.43. The minimum atomic E-state index is -1.05. The second kappa shape index (κ2) is 25.6. The van der Waals surface area contributed by atoms with Gasteiger partial charge in [-0.2, -0.15) is 0 Å². The van der Waals surface area contributed by atoms with Crippen molar-refractivity contribution < 1.29 is 53.6 Å². The molecule has 1 heterocycles. The molecule has 0 spiro atoms. The Hall–Kier alpha value is -3.42. The molecule has 0 aliphatic carbocycles. The van der Waals surface area contributed by atoms with E-state index in [9.17, 15) is 44.1 Å². The molecule has 18 heteroatoms. The average Bonchev–Trinajstić information content (AvgIpc) is 3.01. The number of carbonyl (C=O) groups excluding carboxylic acids is 3. The number of hydrogen-bond donors (Lipinski definition) is 6. The Morgan fingerprint density at radius 2 is 1.12 bits per heavy atom. The van der Waals surface area contributed by atoms with E-state index < -0.39 is 35.8 Å². The summed E-state index contributed by atoms with van der Waals surface area (Å²) in [7, 11) is 1.51. The summed E-state index contributed by atoms with van der Waals surface area (Å²) < 4.78 is 10.4. The van der Waals surface area contributed by atoms with E-state index in [0.29, 0.717) is 39.3 Å². The van der Waals surface area contributed by atoms with E-state index in [1.165, 1.54) is 7.11 Å². The number of nitrogens with zero attached hydrogens (tertiary/aromatic N) is 4. The lowest BCUT2D eigenvalue weighted by molar-refractivity contribution is -0.140. The first-order valence-corrected chi connectivity index (χ1v) is 16.4. The monoisotopic (exact) mass is 689 g/mol. The van der Waals surface area contributed by atoms with Gasteiger partial charge in [-0.05, 0) is 19.3 Å². The molecule has 1 aliphatic heterocycles. The Morgan fingerprint density at radius 1 is 0.646 bits per heavy atom. The smallest absolute Gasteiger partial charge is 0.317 e. The number of carboxylic acid groups (broad SMARTS) is 3. The van der Waals surface area contributed by atoms with E-state index in [1.54, 1.807) is 19.6 Å². The Bertz CT molecular complexity index is 972. The summed E-state index contributed by atoms with van der Waals surface area (Å²) in [6, 6.07) is -0.998. The third kappa shape index (κ3) is 21.5. The molecule has 0 aromatic rings. The highest BCUT2D eigenvalue weighted by atomic mass is 16.5. The number of carbonyl (C=O) groups is 6. The molecule has 276 valence electrons. The standard InChI is InChI=1S/C30H55N7O11/c1-3-17-48-18-4-7-32-30(46)24(5-6-25(38)31-8-19-47-2)33-26(39)20-34-9-11-35(21-27(40)41)13-15-37(23-29(44)45)16-14-36(12-10-34)22-28(42)43/h24H,3-23H2,1-2H3,(H,31,38)(H,32,46)(H,33,39)(H,40,41)(H,42,43)(H,44,45). The molecule has 1 rings (SSSR count). The van der Waals surface area contributed by atoms with Crippen LogP contribution in [0.15, 0.2) is 0 Å². The van der Waals surface area contributed by atoms with E-state index in [0.717, 1.165) is 6.42 Å². The average molecular weight is 690 g/mol. The van der Waals surface area contributed by atoms with E-state index in [2.05, 4.69) is 16.0 Å². The molecule has 1 aliphatic rings. The normalized spacial score (nSPS) is 16.6. The highest BCUT2D eigenvalue weighted by Gasteiger charge is 2.25. The van der Waals surface area contributed by atoms with Crippen LogP contribution in [0.2, 0.25) is 0 Å². The summed E-state index contributed by atoms with van der Waals surface area (Å²) in [4.78, 5) is 79.9. The van der Waals surface area contributed by atoms with Crippen molar-refractivity contribution in [1.29, 1.82) is 0 Å². The Morgan fingerprint density at radius 3 is 1.56 bits per heavy atom. The largest absolute Gasteiger partial charge is 0.480 e. The van der Waals surface area contributed by atoms with Gasteiger partial charge in [0.2, 0.25) is 17.7 Å². The second-order valence-electron chi connectivity index (χ2n) is 11.5. The summed E-state index contributed by atoms with van der Waals surface area (Å²) in [6.07, 6.45) is 1.49. The van der Waals surface area contributed by atoms with E-state index in [-0.39, 0.29) is 97.3 Å². The predicted molar refractivity (Wildman–Crippen MR) is 173 cm³/mol. The first kappa shape index (κ1) is 42.6. The van der Waals surface area contributed by atoms with Crippen molar-refractivity contribution in [2.75, 3.05) is 119 Å². The van der Waals surface area contributed by atoms with Gasteiger partial charge in [-0.3, -0.25) is 48.4 Å². The number of amides is 3. The van der Waals surface area contributed by atoms with Crippen LogP contribution in [0.25, 0.3) is 0 Å². The van der Waals surface area contributed by atoms with E-state index in [1.807, 2.05) is 6.92 Å². The van der Waals surface area contributed by atoms with Crippen molar-refractivity contribution in [2.24, 2.45) is 0 Å². The van der Waals surface area contributed by atoms with Crippen molar-refractivity contribution in [1.82, 2.24) is 35.6 Å². The van der Waals surface area contributed by atoms with Gasteiger partial charge in [0, 0.05) is 92.2 Å². The lowest BCUT2D eigenvalue weighted by Gasteiger charge is -2.33. The summed E-state index contributed by atoms with van der Waals surface area (Å²) >= 11 is 0. The van der Waals surface area contributed by atoms with Gasteiger partial charge in [-0.1, -0.05) is 6.92 Å². The van der Waals surface area contributed by atoms with Gasteiger partial charge in [-0.15, -0.1) is 0 Å². The van der Waals surface area contributed by atoms with Crippen LogP contribution in [0.5, 0.6) is 0 Å². The SMILES string of the molecule is CCCOCCCNC(=O)C(CCC(=O)NCCOC)NC(=O)CN1CCN(CC(=O)O)CCN(CC(=O)O)CCN(CC(=O)O)CC1. The summed E-state index contributed by atoms with van der Waals surface area (Å²) in [5.74, 6) is -4.39. The molecule has 1 saturated heterocycles. The Kier molecular flexibility index (Phi) is 22.7. The van der Waals surface area contributed by atoms with Gasteiger partial charge in [-0.25, -0.2) is 0 Å². The molecule has 3 amide bonds. The van der Waals surface area contributed by atoms with Crippen molar-refractivity contribution >= 4 is 35.6 Å². The first-order chi connectivity index (χ1) is 22.9. The molecule has 1 unspecified atom stereocenters. The first-order valence-electron chi connectivity index (χ1n) is 16.4. The number of methoxy groups -OCH3 is 1. The zero-order valence-corrected chi connectivity index (χ0v) is 28.3. The molecule has 18 nitrogen and oxygen atoms in total. The Labute approximate surface area is 282 Å². The fourth-order valence-corrected chi connectivity index (χ4v) is 4.91. The second-order valence-corrected chi connectivity index (χ2v) is 11.5. The summed E-state index contributed by atoms with van der Waals surface area (Å²) in [5, 5.41) is 36.4. The minimum Gasteiger partial charge on any atom is -0.480 e. The quantitative estimate of drug-likeness (QED) is 0.0642. The van der Waals surface area contributed by atoms with Gasteiger partial charge in [0.15, 0.2) is 0 Å². The van der Waals surface area contributed by atoms with Gasteiger partial charge in [0.1, 0.15) is 6.04 Å². The lowest BCUT2D eigenvalue weighted by atomic mass is 10.1. The third-order valence-corrected chi connectivity index (χ3v) is 7.43. The van der Waals surface area contributed by atoms with Crippen LogP contribution in [-0.4, -0.2) is 195 Å². The van der Waals surface area contributed by atoms with Gasteiger partial charge >= 0.3 is 17.9 Å². The van der Waals surface area contributed by atoms with Crippen molar-refractivity contribution in [2.45, 2.75) is 38.6 Å². The number of aliphatic carboxylic acids is 3. The maximum atomic E-state index is 13.3. The summed E-state index contributed by atoms with van der Waals surface area (Å²) in [6.45, 7) is 5.00. The number of carboxylic acids is 3. The van der Waals surface area contributed by atoms with Crippen LogP contribution >= 0.6 is 0 Å². The fraction of sp³-hybridized carbons (Fsp3) is 0.800. The lowest BCUT2D eigenvalue weighted by Crippen LogP contribution is -2.52. The Balaban J connectivity index is 3.01. The molecule has 1 atom stereocenters. The van der Waals surface area contributed by atoms with Crippen LogP contribution in [0, 0.1) is 0 Å². The van der Waals surface area contributed by atoms with Crippen molar-refractivity contribution in [3.63, 3.8) is 0 Å². The fourth-order valence-electron chi connectivity index (χ4n) is 4.91. The molecule has 0 aromatic heterocycles. The van der Waals surface area contributed by atoms with Crippen LogP contribution in [0.3, 0.4) is 0 Å².